The number of anilines is 1. The number of hydrogen-bond donors (Lipinski definition) is 2. The third kappa shape index (κ3) is 6.19. The lowest BCUT2D eigenvalue weighted by atomic mass is 10.1. The van der Waals surface area contributed by atoms with E-state index in [0.29, 0.717) is 28.0 Å². The molecule has 0 aromatic heterocycles. The minimum absolute atomic E-state index is 0.0929. The highest BCUT2D eigenvalue weighted by Crippen LogP contribution is 2.39. The number of benzene rings is 2. The summed E-state index contributed by atoms with van der Waals surface area (Å²) in [5.74, 6) is -1.53. The fourth-order valence-electron chi connectivity index (χ4n) is 2.77. The zero-order chi connectivity index (χ0) is 24.1. The molecule has 2 aromatic rings. The molecule has 0 atom stereocenters. The SMILES string of the molecule is COc1cc(/C=C2\SC(=O)N(CC(N)=O)C2=O)cc(Cl)c1OCC(=O)Nc1ccc(Cl)cc1. The van der Waals surface area contributed by atoms with Gasteiger partial charge >= 0.3 is 0 Å². The summed E-state index contributed by atoms with van der Waals surface area (Å²) in [6.07, 6.45) is 1.43. The van der Waals surface area contributed by atoms with E-state index in [2.05, 4.69) is 5.32 Å². The van der Waals surface area contributed by atoms with Crippen molar-refractivity contribution in [2.45, 2.75) is 0 Å². The second-order valence-corrected chi connectivity index (χ2v) is 8.45. The summed E-state index contributed by atoms with van der Waals surface area (Å²) >= 11 is 12.8. The van der Waals surface area contributed by atoms with Crippen LogP contribution in [0.3, 0.4) is 0 Å². The van der Waals surface area contributed by atoms with Crippen LogP contribution in [0.5, 0.6) is 11.5 Å². The van der Waals surface area contributed by atoms with Crippen LogP contribution in [-0.2, 0) is 14.4 Å². The number of primary amides is 1. The topological polar surface area (TPSA) is 128 Å². The van der Waals surface area contributed by atoms with Gasteiger partial charge in [-0.05, 0) is 59.8 Å². The third-order valence-electron chi connectivity index (χ3n) is 4.21. The van der Waals surface area contributed by atoms with Crippen molar-refractivity contribution < 1.29 is 28.7 Å². The number of hydrogen-bond acceptors (Lipinski definition) is 7. The molecule has 1 fully saturated rings. The average Bonchev–Trinajstić information content (AvgIpc) is 3.01. The highest BCUT2D eigenvalue weighted by Gasteiger charge is 2.35. The molecule has 3 rings (SSSR count). The van der Waals surface area contributed by atoms with E-state index in [0.717, 1.165) is 4.90 Å². The van der Waals surface area contributed by atoms with Crippen LogP contribution in [0.1, 0.15) is 5.56 Å². The fraction of sp³-hybridized carbons (Fsp3) is 0.143. The van der Waals surface area contributed by atoms with Gasteiger partial charge in [0.05, 0.1) is 17.0 Å². The van der Waals surface area contributed by atoms with Crippen molar-refractivity contribution in [2.24, 2.45) is 5.73 Å². The van der Waals surface area contributed by atoms with E-state index in [1.54, 1.807) is 24.3 Å². The number of imide groups is 1. The first kappa shape index (κ1) is 24.4. The lowest BCUT2D eigenvalue weighted by Gasteiger charge is -2.13. The van der Waals surface area contributed by atoms with Crippen LogP contribution in [0, 0.1) is 0 Å². The summed E-state index contributed by atoms with van der Waals surface area (Å²) in [6.45, 7) is -0.846. The summed E-state index contributed by atoms with van der Waals surface area (Å²) in [4.78, 5) is 48.4. The zero-order valence-corrected chi connectivity index (χ0v) is 19.4. The molecule has 0 aliphatic carbocycles. The lowest BCUT2D eigenvalue weighted by Crippen LogP contribution is -2.36. The molecular weight excluding hydrogens is 493 g/mol. The van der Waals surface area contributed by atoms with Crippen LogP contribution in [0.4, 0.5) is 10.5 Å². The number of methoxy groups -OCH3 is 1. The minimum atomic E-state index is -0.801. The largest absolute Gasteiger partial charge is 0.493 e. The first-order chi connectivity index (χ1) is 15.7. The van der Waals surface area contributed by atoms with E-state index in [4.69, 9.17) is 38.4 Å². The van der Waals surface area contributed by atoms with Crippen molar-refractivity contribution >= 4 is 69.7 Å². The van der Waals surface area contributed by atoms with Gasteiger partial charge in [0.2, 0.25) is 5.91 Å². The van der Waals surface area contributed by atoms with Gasteiger partial charge in [-0.1, -0.05) is 23.2 Å². The van der Waals surface area contributed by atoms with E-state index in [1.807, 2.05) is 0 Å². The Morgan fingerprint density at radius 2 is 1.88 bits per heavy atom. The second kappa shape index (κ2) is 10.6. The molecule has 1 aliphatic rings. The Bertz CT molecular complexity index is 1150. The van der Waals surface area contributed by atoms with E-state index in [-0.39, 0.29) is 28.0 Å². The van der Waals surface area contributed by atoms with Crippen molar-refractivity contribution in [3.63, 3.8) is 0 Å². The lowest BCUT2D eigenvalue weighted by molar-refractivity contribution is -0.127. The summed E-state index contributed by atoms with van der Waals surface area (Å²) < 4.78 is 10.8. The molecule has 0 saturated carbocycles. The molecule has 1 aliphatic heterocycles. The van der Waals surface area contributed by atoms with Gasteiger partial charge in [0, 0.05) is 10.7 Å². The molecular formula is C21H17Cl2N3O6S. The monoisotopic (exact) mass is 509 g/mol. The van der Waals surface area contributed by atoms with Crippen LogP contribution in [0.25, 0.3) is 6.08 Å². The highest BCUT2D eigenvalue weighted by molar-refractivity contribution is 8.18. The van der Waals surface area contributed by atoms with Crippen LogP contribution >= 0.6 is 35.0 Å². The maximum absolute atomic E-state index is 12.4. The number of nitrogens with two attached hydrogens (primary N) is 1. The first-order valence-corrected chi connectivity index (χ1v) is 10.8. The van der Waals surface area contributed by atoms with Gasteiger partial charge < -0.3 is 20.5 Å². The summed E-state index contributed by atoms with van der Waals surface area (Å²) in [7, 11) is 1.39. The maximum atomic E-state index is 12.4. The molecule has 0 spiro atoms. The van der Waals surface area contributed by atoms with Crippen molar-refractivity contribution in [3.05, 3.63) is 56.9 Å². The van der Waals surface area contributed by atoms with E-state index >= 15 is 0 Å². The number of rotatable bonds is 8. The Labute approximate surface area is 202 Å². The van der Waals surface area contributed by atoms with Crippen molar-refractivity contribution in [1.29, 1.82) is 0 Å². The normalized spacial score (nSPS) is 14.5. The first-order valence-electron chi connectivity index (χ1n) is 9.27. The number of carbonyl (C=O) groups is 4. The Kier molecular flexibility index (Phi) is 7.85. The average molecular weight is 510 g/mol. The van der Waals surface area contributed by atoms with Gasteiger partial charge in [0.25, 0.3) is 17.1 Å². The molecule has 4 amide bonds. The predicted molar refractivity (Wildman–Crippen MR) is 125 cm³/mol. The smallest absolute Gasteiger partial charge is 0.294 e. The Morgan fingerprint density at radius 1 is 1.18 bits per heavy atom. The Morgan fingerprint density at radius 3 is 2.52 bits per heavy atom. The minimum Gasteiger partial charge on any atom is -0.493 e. The van der Waals surface area contributed by atoms with Gasteiger partial charge in [-0.25, -0.2) is 0 Å². The number of nitrogens with zero attached hydrogens (tertiary/aromatic N) is 1. The molecule has 1 heterocycles. The van der Waals surface area contributed by atoms with E-state index in [9.17, 15) is 19.2 Å². The molecule has 0 unspecified atom stereocenters. The Balaban J connectivity index is 1.73. The van der Waals surface area contributed by atoms with Crippen molar-refractivity contribution in [1.82, 2.24) is 4.90 Å². The maximum Gasteiger partial charge on any atom is 0.294 e. The number of amides is 4. The van der Waals surface area contributed by atoms with E-state index in [1.165, 1.54) is 25.3 Å². The van der Waals surface area contributed by atoms with Gasteiger partial charge in [-0.2, -0.15) is 0 Å². The molecule has 9 nitrogen and oxygen atoms in total. The van der Waals surface area contributed by atoms with Crippen LogP contribution < -0.4 is 20.5 Å². The van der Waals surface area contributed by atoms with Crippen LogP contribution in [-0.4, -0.2) is 48.1 Å². The summed E-state index contributed by atoms with van der Waals surface area (Å²) in [5, 5.41) is 2.72. The number of ether oxygens (including phenoxy) is 2. The van der Waals surface area contributed by atoms with Gasteiger partial charge in [-0.3, -0.25) is 24.1 Å². The quantitative estimate of drug-likeness (QED) is 0.520. The number of nitrogens with one attached hydrogen (secondary N) is 1. The molecule has 172 valence electrons. The van der Waals surface area contributed by atoms with Gasteiger partial charge in [-0.15, -0.1) is 0 Å². The number of carbonyl (C=O) groups excluding carboxylic acids is 4. The molecule has 33 heavy (non-hydrogen) atoms. The van der Waals surface area contributed by atoms with Crippen molar-refractivity contribution in [3.8, 4) is 11.5 Å². The van der Waals surface area contributed by atoms with Crippen molar-refractivity contribution in [2.75, 3.05) is 25.6 Å². The summed E-state index contributed by atoms with van der Waals surface area (Å²) in [6, 6.07) is 9.58. The predicted octanol–water partition coefficient (Wildman–Crippen LogP) is 3.54. The van der Waals surface area contributed by atoms with Crippen LogP contribution in [0.2, 0.25) is 10.0 Å². The van der Waals surface area contributed by atoms with E-state index < -0.39 is 29.5 Å². The zero-order valence-electron chi connectivity index (χ0n) is 17.1. The highest BCUT2D eigenvalue weighted by atomic mass is 35.5. The third-order valence-corrected chi connectivity index (χ3v) is 5.65. The molecule has 0 bridgehead atoms. The number of thioether (sulfide) groups is 1. The standard InChI is InChI=1S/C21H17Cl2N3O6S/c1-31-15-7-11(8-16-20(29)26(9-17(24)27)21(30)33-16)6-14(23)19(15)32-10-18(28)25-13-4-2-12(22)3-5-13/h2-8H,9-10H2,1H3,(H2,24,27)(H,25,28)/b16-8-. The molecule has 1 saturated heterocycles. The molecule has 0 radical (unpaired) electrons. The number of halogens is 2. The molecule has 2 aromatic carbocycles. The Hall–Kier alpha value is -3.21. The van der Waals surface area contributed by atoms with Gasteiger partial charge in [0.1, 0.15) is 6.54 Å². The second-order valence-electron chi connectivity index (χ2n) is 6.61. The van der Waals surface area contributed by atoms with Gasteiger partial charge in [0.15, 0.2) is 18.1 Å². The molecule has 3 N–H and O–H groups in total. The fourth-order valence-corrected chi connectivity index (χ4v) is 4.01. The summed E-state index contributed by atoms with van der Waals surface area (Å²) in [5.41, 5.74) is 6.06. The molecule has 12 heteroatoms. The van der Waals surface area contributed by atoms with Crippen LogP contribution in [0.15, 0.2) is 41.3 Å².